The number of carbonyl (C=O) groups excluding carboxylic acids is 1. The lowest BCUT2D eigenvalue weighted by Crippen LogP contribution is -2.34. The maximum absolute atomic E-state index is 13.4. The van der Waals surface area contributed by atoms with E-state index in [4.69, 9.17) is 23.2 Å². The second kappa shape index (κ2) is 8.14. The van der Waals surface area contributed by atoms with Gasteiger partial charge >= 0.3 is 0 Å². The SMILES string of the molecule is Cc1cc(C)n(CCN(C(=O)c2ccc(Cl)cc2Cl)c2nc3ccccc3s2)n1. The number of aromatic nitrogens is 3. The van der Waals surface area contributed by atoms with Crippen LogP contribution in [0, 0.1) is 13.8 Å². The van der Waals surface area contributed by atoms with Crippen molar-refractivity contribution in [3.8, 4) is 0 Å². The molecule has 0 aliphatic carbocycles. The van der Waals surface area contributed by atoms with Crippen LogP contribution in [0.1, 0.15) is 21.7 Å². The number of nitrogens with zero attached hydrogens (tertiary/aromatic N) is 4. The predicted octanol–water partition coefficient (Wildman–Crippen LogP) is 5.76. The molecule has 5 nitrogen and oxygen atoms in total. The Labute approximate surface area is 182 Å². The quantitative estimate of drug-likeness (QED) is 0.392. The van der Waals surface area contributed by atoms with Gasteiger partial charge < -0.3 is 0 Å². The molecule has 0 unspecified atom stereocenters. The van der Waals surface area contributed by atoms with Crippen LogP contribution < -0.4 is 4.90 Å². The van der Waals surface area contributed by atoms with E-state index >= 15 is 0 Å². The van der Waals surface area contributed by atoms with Crippen molar-refractivity contribution in [1.82, 2.24) is 14.8 Å². The van der Waals surface area contributed by atoms with Crippen LogP contribution in [0.3, 0.4) is 0 Å². The van der Waals surface area contributed by atoms with Crippen LogP contribution in [0.15, 0.2) is 48.5 Å². The molecule has 148 valence electrons. The number of hydrogen-bond acceptors (Lipinski definition) is 4. The summed E-state index contributed by atoms with van der Waals surface area (Å²) in [6, 6.07) is 14.7. The molecule has 0 bridgehead atoms. The molecule has 4 aromatic rings. The molecule has 4 rings (SSSR count). The number of carbonyl (C=O) groups is 1. The molecule has 0 radical (unpaired) electrons. The number of benzene rings is 2. The lowest BCUT2D eigenvalue weighted by Gasteiger charge is -2.21. The van der Waals surface area contributed by atoms with Gasteiger partial charge in [0.2, 0.25) is 0 Å². The van der Waals surface area contributed by atoms with Gasteiger partial charge in [-0.05, 0) is 50.2 Å². The Morgan fingerprint density at radius 3 is 2.62 bits per heavy atom. The molecule has 0 saturated carbocycles. The van der Waals surface area contributed by atoms with Crippen LogP contribution in [0.5, 0.6) is 0 Å². The number of anilines is 1. The molecule has 2 aromatic heterocycles. The van der Waals surface area contributed by atoms with Gasteiger partial charge in [-0.25, -0.2) is 4.98 Å². The zero-order valence-corrected chi connectivity index (χ0v) is 18.2. The number of fused-ring (bicyclic) bond motifs is 1. The summed E-state index contributed by atoms with van der Waals surface area (Å²) in [5.41, 5.74) is 3.24. The fraction of sp³-hybridized carbons (Fsp3) is 0.190. The minimum absolute atomic E-state index is 0.216. The Kier molecular flexibility index (Phi) is 5.58. The van der Waals surface area contributed by atoms with Gasteiger partial charge in [0.05, 0.1) is 33.0 Å². The fourth-order valence-electron chi connectivity index (χ4n) is 3.16. The van der Waals surface area contributed by atoms with Gasteiger partial charge in [-0.2, -0.15) is 5.10 Å². The van der Waals surface area contributed by atoms with E-state index in [2.05, 4.69) is 10.1 Å². The van der Waals surface area contributed by atoms with Crippen molar-refractivity contribution < 1.29 is 4.79 Å². The molecule has 2 heterocycles. The van der Waals surface area contributed by atoms with E-state index in [1.165, 1.54) is 11.3 Å². The summed E-state index contributed by atoms with van der Waals surface area (Å²) in [6.45, 7) is 4.92. The molecule has 0 saturated heterocycles. The molecule has 0 fully saturated rings. The topological polar surface area (TPSA) is 51.0 Å². The van der Waals surface area contributed by atoms with Crippen LogP contribution in [0.25, 0.3) is 10.2 Å². The summed E-state index contributed by atoms with van der Waals surface area (Å²) in [5.74, 6) is -0.216. The second-order valence-electron chi connectivity index (χ2n) is 6.70. The van der Waals surface area contributed by atoms with E-state index in [0.717, 1.165) is 21.6 Å². The van der Waals surface area contributed by atoms with E-state index in [1.807, 2.05) is 48.9 Å². The molecule has 0 N–H and O–H groups in total. The first-order valence-corrected chi connectivity index (χ1v) is 10.6. The zero-order chi connectivity index (χ0) is 20.5. The Bertz CT molecular complexity index is 1170. The summed E-state index contributed by atoms with van der Waals surface area (Å²) in [4.78, 5) is 19.7. The van der Waals surface area contributed by atoms with Crippen LogP contribution in [0.2, 0.25) is 10.0 Å². The zero-order valence-electron chi connectivity index (χ0n) is 15.9. The Balaban J connectivity index is 1.71. The van der Waals surface area contributed by atoms with Crippen molar-refractivity contribution in [3.05, 3.63) is 75.5 Å². The van der Waals surface area contributed by atoms with Crippen LogP contribution in [-0.2, 0) is 6.54 Å². The lowest BCUT2D eigenvalue weighted by molar-refractivity contribution is 0.0986. The summed E-state index contributed by atoms with van der Waals surface area (Å²) in [5, 5.41) is 5.93. The summed E-state index contributed by atoms with van der Waals surface area (Å²) < 4.78 is 2.92. The molecule has 2 aromatic carbocycles. The van der Waals surface area contributed by atoms with Crippen molar-refractivity contribution in [3.63, 3.8) is 0 Å². The van der Waals surface area contributed by atoms with E-state index in [-0.39, 0.29) is 5.91 Å². The van der Waals surface area contributed by atoms with E-state index in [9.17, 15) is 4.79 Å². The van der Waals surface area contributed by atoms with Crippen LogP contribution in [-0.4, -0.2) is 27.2 Å². The summed E-state index contributed by atoms with van der Waals surface area (Å²) >= 11 is 13.8. The van der Waals surface area contributed by atoms with Gasteiger partial charge in [-0.3, -0.25) is 14.4 Å². The standard InChI is InChI=1S/C21H18Cl2N4OS/c1-13-11-14(2)27(25-13)10-9-26(20(28)16-8-7-15(22)12-17(16)23)21-24-18-5-3-4-6-19(18)29-21/h3-8,11-12H,9-10H2,1-2H3. The third-order valence-corrected chi connectivity index (χ3v) is 6.17. The van der Waals surface area contributed by atoms with Gasteiger partial charge in [-0.15, -0.1) is 0 Å². The van der Waals surface area contributed by atoms with Gasteiger partial charge in [0, 0.05) is 17.3 Å². The third kappa shape index (κ3) is 4.15. The average Bonchev–Trinajstić information content (AvgIpc) is 3.24. The number of thiazole rings is 1. The minimum Gasteiger partial charge on any atom is -0.282 e. The minimum atomic E-state index is -0.216. The van der Waals surface area contributed by atoms with Gasteiger partial charge in [-0.1, -0.05) is 46.7 Å². The molecule has 8 heteroatoms. The van der Waals surface area contributed by atoms with E-state index < -0.39 is 0 Å². The second-order valence-corrected chi connectivity index (χ2v) is 8.55. The number of aryl methyl sites for hydroxylation is 2. The highest BCUT2D eigenvalue weighted by Crippen LogP contribution is 2.31. The lowest BCUT2D eigenvalue weighted by atomic mass is 10.2. The largest absolute Gasteiger partial charge is 0.282 e. The Morgan fingerprint density at radius 2 is 1.93 bits per heavy atom. The number of amides is 1. The fourth-order valence-corrected chi connectivity index (χ4v) is 4.64. The van der Waals surface area contributed by atoms with Crippen molar-refractivity contribution in [1.29, 1.82) is 0 Å². The number of hydrogen-bond donors (Lipinski definition) is 0. The average molecular weight is 445 g/mol. The highest BCUT2D eigenvalue weighted by Gasteiger charge is 2.23. The summed E-state index contributed by atoms with van der Waals surface area (Å²) in [6.07, 6.45) is 0. The maximum Gasteiger partial charge on any atom is 0.261 e. The van der Waals surface area contributed by atoms with E-state index in [1.54, 1.807) is 23.1 Å². The smallest absolute Gasteiger partial charge is 0.261 e. The highest BCUT2D eigenvalue weighted by atomic mass is 35.5. The normalized spacial score (nSPS) is 11.2. The Hall–Kier alpha value is -2.41. The van der Waals surface area contributed by atoms with Crippen molar-refractivity contribution >= 4 is 55.8 Å². The molecule has 0 spiro atoms. The number of halogens is 2. The first-order valence-electron chi connectivity index (χ1n) is 9.06. The first kappa shape index (κ1) is 19.9. The van der Waals surface area contributed by atoms with Crippen molar-refractivity contribution in [2.75, 3.05) is 11.4 Å². The maximum atomic E-state index is 13.4. The van der Waals surface area contributed by atoms with Gasteiger partial charge in [0.1, 0.15) is 0 Å². The molecule has 0 aliphatic heterocycles. The first-order chi connectivity index (χ1) is 13.9. The molecule has 0 atom stereocenters. The van der Waals surface area contributed by atoms with Gasteiger partial charge in [0.25, 0.3) is 5.91 Å². The van der Waals surface area contributed by atoms with Crippen LogP contribution >= 0.6 is 34.5 Å². The number of rotatable bonds is 5. The van der Waals surface area contributed by atoms with Crippen LogP contribution in [0.4, 0.5) is 5.13 Å². The van der Waals surface area contributed by atoms with Crippen molar-refractivity contribution in [2.24, 2.45) is 0 Å². The van der Waals surface area contributed by atoms with E-state index in [0.29, 0.717) is 33.8 Å². The Morgan fingerprint density at radius 1 is 1.14 bits per heavy atom. The molecule has 1 amide bonds. The third-order valence-electron chi connectivity index (χ3n) is 4.56. The predicted molar refractivity (Wildman–Crippen MR) is 119 cm³/mol. The molecular weight excluding hydrogens is 427 g/mol. The van der Waals surface area contributed by atoms with Crippen molar-refractivity contribution in [2.45, 2.75) is 20.4 Å². The summed E-state index contributed by atoms with van der Waals surface area (Å²) in [7, 11) is 0. The number of para-hydroxylation sites is 1. The molecule has 0 aliphatic rings. The monoisotopic (exact) mass is 444 g/mol. The molecule has 29 heavy (non-hydrogen) atoms. The van der Waals surface area contributed by atoms with Gasteiger partial charge in [0.15, 0.2) is 5.13 Å². The molecular formula is C21H18Cl2N4OS. The highest BCUT2D eigenvalue weighted by molar-refractivity contribution is 7.22.